The van der Waals surface area contributed by atoms with Gasteiger partial charge in [-0.05, 0) is 123 Å². The Balaban J connectivity index is 1.12. The molecule has 0 fully saturated rings. The Bertz CT molecular complexity index is 3040. The maximum atomic E-state index is 2.50. The molecule has 2 heterocycles. The van der Waals surface area contributed by atoms with Crippen molar-refractivity contribution in [1.82, 2.24) is 7.35 Å². The van der Waals surface area contributed by atoms with Crippen LogP contribution in [-0.4, -0.2) is 7.35 Å². The maximum absolute atomic E-state index is 2.50. The van der Waals surface area contributed by atoms with Gasteiger partial charge in [-0.2, -0.15) is 0 Å². The first-order valence-electron chi connectivity index (χ1n) is 18.3. The average Bonchev–Trinajstić information content (AvgIpc) is 3.78. The van der Waals surface area contributed by atoms with Crippen molar-refractivity contribution >= 4 is 66.5 Å². The highest BCUT2D eigenvalue weighted by Gasteiger charge is 2.38. The molecule has 2 aromatic heterocycles. The summed E-state index contributed by atoms with van der Waals surface area (Å²) in [5.41, 5.74) is 20.9. The van der Waals surface area contributed by atoms with Crippen molar-refractivity contribution in [3.8, 4) is 39.1 Å². The van der Waals surface area contributed by atoms with Crippen LogP contribution in [0.15, 0.2) is 133 Å². The summed E-state index contributed by atoms with van der Waals surface area (Å²) in [5, 5.41) is 5.23. The lowest BCUT2D eigenvalue weighted by Gasteiger charge is -2.22. The molecule has 0 bridgehead atoms. The van der Waals surface area contributed by atoms with E-state index in [-0.39, 0.29) is 10.8 Å². The second-order valence-corrected chi connectivity index (χ2v) is 17.1. The number of aromatic nitrogens is 2. The minimum absolute atomic E-state index is 0.0630. The van der Waals surface area contributed by atoms with E-state index in [4.69, 9.17) is 0 Å². The van der Waals surface area contributed by atoms with Crippen LogP contribution in [-0.2, 0) is 10.8 Å². The van der Waals surface area contributed by atoms with Gasteiger partial charge in [-0.15, -0.1) is 0 Å². The summed E-state index contributed by atoms with van der Waals surface area (Å²) in [4.78, 5) is 0. The van der Waals surface area contributed by atoms with Gasteiger partial charge in [0.25, 0.3) is 0 Å². The van der Waals surface area contributed by atoms with Crippen LogP contribution < -0.4 is 0 Å². The van der Waals surface area contributed by atoms with E-state index >= 15 is 0 Å². The van der Waals surface area contributed by atoms with E-state index in [2.05, 4.69) is 198 Å². The summed E-state index contributed by atoms with van der Waals surface area (Å²) in [6.45, 7) is 11.7. The molecule has 3 heteroatoms. The van der Waals surface area contributed by atoms with E-state index in [1.807, 2.05) is 0 Å². The minimum Gasteiger partial charge on any atom is -0.309 e. The molecular formula is C49H37IN2. The number of halogens is 1. The number of hydrogen-bond acceptors (Lipinski definition) is 0. The molecule has 2 aliphatic carbocycles. The van der Waals surface area contributed by atoms with Crippen molar-refractivity contribution in [1.29, 1.82) is 0 Å². The first kappa shape index (κ1) is 30.5. The fourth-order valence-electron chi connectivity index (χ4n) is 9.77. The van der Waals surface area contributed by atoms with Crippen LogP contribution in [0, 0.1) is 6.92 Å². The zero-order chi connectivity index (χ0) is 35.3. The lowest BCUT2D eigenvalue weighted by Crippen LogP contribution is -2.15. The smallest absolute Gasteiger partial charge is 0.0646 e. The van der Waals surface area contributed by atoms with Gasteiger partial charge in [0.05, 0.1) is 44.9 Å². The fourth-order valence-corrected chi connectivity index (χ4v) is 10.6. The predicted octanol–water partition coefficient (Wildman–Crippen LogP) is 13.7. The second kappa shape index (κ2) is 10.3. The molecular weight excluding hydrogens is 743 g/mol. The lowest BCUT2D eigenvalue weighted by molar-refractivity contribution is 0.661. The van der Waals surface area contributed by atoms with Crippen molar-refractivity contribution in [2.45, 2.75) is 45.4 Å². The monoisotopic (exact) mass is 780 g/mol. The first-order chi connectivity index (χ1) is 25.1. The average molecular weight is 781 g/mol. The molecule has 0 saturated heterocycles. The van der Waals surface area contributed by atoms with Crippen molar-refractivity contribution < 1.29 is 0 Å². The molecule has 0 spiro atoms. The van der Waals surface area contributed by atoms with Crippen LogP contribution in [0.4, 0.5) is 0 Å². The highest BCUT2D eigenvalue weighted by molar-refractivity contribution is 14.1. The number of rotatable bonds is 2. The number of fused-ring (bicyclic) bond motifs is 12. The molecule has 0 amide bonds. The van der Waals surface area contributed by atoms with Crippen molar-refractivity contribution in [2.24, 2.45) is 0 Å². The highest BCUT2D eigenvalue weighted by atomic mass is 127. The van der Waals surface area contributed by atoms with Crippen LogP contribution in [0.1, 0.15) is 55.5 Å². The highest BCUT2D eigenvalue weighted by Crippen LogP contribution is 2.53. The number of hydrogen-bond donors (Lipinski definition) is 0. The van der Waals surface area contributed by atoms with Gasteiger partial charge in [0, 0.05) is 38.1 Å². The molecule has 2 nitrogen and oxygen atoms in total. The number of para-hydroxylation sites is 1. The molecule has 0 unspecified atom stereocenters. The van der Waals surface area contributed by atoms with E-state index in [1.165, 1.54) is 110 Å². The molecule has 9 aromatic rings. The van der Waals surface area contributed by atoms with Crippen molar-refractivity contribution in [2.75, 3.05) is 0 Å². The Kier molecular flexibility index (Phi) is 6.02. The van der Waals surface area contributed by atoms with Gasteiger partial charge in [-0.3, -0.25) is 2.78 Å². The summed E-state index contributed by atoms with van der Waals surface area (Å²) < 4.78 is 4.83. The molecule has 0 saturated carbocycles. The van der Waals surface area contributed by atoms with Gasteiger partial charge in [-0.25, -0.2) is 0 Å². The van der Waals surface area contributed by atoms with Crippen LogP contribution in [0.5, 0.6) is 0 Å². The standard InChI is InChI=1S/C49H37IN2/c1-28-11-10-12-31(21-28)51-45-23-30(18-20-35(45)38-24-36-32-13-6-8-15-40(32)48(2,3)42(36)26-46(38)51)29-17-19-33-37-25-39-34-14-7-9-16-44(34)52(50)47(39)27-43(37)49(4,5)41(33)22-29/h6-27H,1-5H3. The van der Waals surface area contributed by atoms with Crippen LogP contribution in [0.3, 0.4) is 0 Å². The predicted molar refractivity (Wildman–Crippen MR) is 229 cm³/mol. The Hall–Kier alpha value is -5.13. The normalized spacial score (nSPS) is 15.0. The largest absolute Gasteiger partial charge is 0.309 e. The fraction of sp³-hybridized carbons (Fsp3) is 0.143. The molecule has 250 valence electrons. The Labute approximate surface area is 317 Å². The molecule has 52 heavy (non-hydrogen) atoms. The molecule has 7 aromatic carbocycles. The topological polar surface area (TPSA) is 9.86 Å². The summed E-state index contributed by atoms with van der Waals surface area (Å²) in [6, 6.07) is 50.8. The number of benzene rings is 7. The van der Waals surface area contributed by atoms with Crippen LogP contribution >= 0.6 is 22.9 Å². The Morgan fingerprint density at radius 3 is 1.83 bits per heavy atom. The summed E-state index contributed by atoms with van der Waals surface area (Å²) in [7, 11) is 0. The van der Waals surface area contributed by atoms with Gasteiger partial charge in [0.15, 0.2) is 0 Å². The van der Waals surface area contributed by atoms with E-state index in [1.54, 1.807) is 0 Å². The molecule has 0 atom stereocenters. The second-order valence-electron chi connectivity index (χ2n) is 16.1. The molecule has 0 radical (unpaired) electrons. The van der Waals surface area contributed by atoms with E-state index in [9.17, 15) is 0 Å². The van der Waals surface area contributed by atoms with Gasteiger partial charge >= 0.3 is 0 Å². The third-order valence-electron chi connectivity index (χ3n) is 12.5. The van der Waals surface area contributed by atoms with Crippen LogP contribution in [0.2, 0.25) is 0 Å². The third kappa shape index (κ3) is 3.90. The number of aryl methyl sites for hydroxylation is 1. The van der Waals surface area contributed by atoms with E-state index < -0.39 is 0 Å². The SMILES string of the molecule is Cc1cccc(-n2c3cc(-c4ccc5c(c4)C(C)(C)c4cc6c(cc4-5)c4ccccc4n6I)ccc3c3cc4c(cc32)C(C)(C)c2ccccc2-4)c1. The number of nitrogens with zero attached hydrogens (tertiary/aromatic N) is 2. The summed E-state index contributed by atoms with van der Waals surface area (Å²) >= 11 is 2.47. The van der Waals surface area contributed by atoms with Gasteiger partial charge in [0.1, 0.15) is 0 Å². The quantitative estimate of drug-likeness (QED) is 0.155. The Morgan fingerprint density at radius 2 is 1.02 bits per heavy atom. The molecule has 11 rings (SSSR count). The lowest BCUT2D eigenvalue weighted by atomic mass is 9.81. The van der Waals surface area contributed by atoms with E-state index in [0.717, 1.165) is 0 Å². The van der Waals surface area contributed by atoms with Crippen molar-refractivity contribution in [3.63, 3.8) is 0 Å². The summed E-state index contributed by atoms with van der Waals surface area (Å²) in [5.74, 6) is 0. The zero-order valence-electron chi connectivity index (χ0n) is 30.0. The third-order valence-corrected chi connectivity index (χ3v) is 13.5. The zero-order valence-corrected chi connectivity index (χ0v) is 32.1. The van der Waals surface area contributed by atoms with E-state index in [0.29, 0.717) is 0 Å². The maximum Gasteiger partial charge on any atom is 0.0646 e. The van der Waals surface area contributed by atoms with Crippen molar-refractivity contribution in [3.05, 3.63) is 161 Å². The molecule has 0 N–H and O–H groups in total. The Morgan fingerprint density at radius 1 is 0.423 bits per heavy atom. The van der Waals surface area contributed by atoms with Gasteiger partial charge in [-0.1, -0.05) is 107 Å². The first-order valence-corrected chi connectivity index (χ1v) is 19.3. The molecule has 2 aliphatic rings. The minimum atomic E-state index is -0.119. The van der Waals surface area contributed by atoms with Gasteiger partial charge < -0.3 is 4.57 Å². The summed E-state index contributed by atoms with van der Waals surface area (Å²) in [6.07, 6.45) is 0. The van der Waals surface area contributed by atoms with Crippen LogP contribution in [0.25, 0.3) is 82.7 Å². The van der Waals surface area contributed by atoms with Gasteiger partial charge in [0.2, 0.25) is 0 Å². The molecule has 0 aliphatic heterocycles.